The van der Waals surface area contributed by atoms with E-state index < -0.39 is 98.0 Å². The molecular weight excluding hydrogens is 852 g/mol. The zero-order valence-electron chi connectivity index (χ0n) is 31.0. The van der Waals surface area contributed by atoms with Crippen molar-refractivity contribution in [2.45, 2.75) is 146 Å². The van der Waals surface area contributed by atoms with Gasteiger partial charge in [0.05, 0.1) is 49.3 Å². The van der Waals surface area contributed by atoms with Crippen LogP contribution in [0.5, 0.6) is 0 Å². The number of rotatable bonds is 4. The van der Waals surface area contributed by atoms with Gasteiger partial charge in [-0.1, -0.05) is 32.1 Å². The molecular formula is C32H55ClN8O12S4. The third-order valence-electron chi connectivity index (χ3n) is 15.4. The fourth-order valence-electron chi connectivity index (χ4n) is 13.4. The molecule has 0 aromatic rings. The highest BCUT2D eigenvalue weighted by molar-refractivity contribution is 7.94. The number of halogens is 1. The molecule has 8 bridgehead atoms. The van der Waals surface area contributed by atoms with Crippen LogP contribution < -0.4 is 42.5 Å². The van der Waals surface area contributed by atoms with Crippen LogP contribution in [0.25, 0.3) is 0 Å². The van der Waals surface area contributed by atoms with Crippen molar-refractivity contribution in [3.63, 3.8) is 0 Å². The average Bonchev–Trinajstić information content (AvgIpc) is 3.85. The molecule has 5 aliphatic heterocycles. The number of hydrogen-bond donors (Lipinski definition) is 12. The van der Waals surface area contributed by atoms with Gasteiger partial charge in [0.1, 0.15) is 21.0 Å². The van der Waals surface area contributed by atoms with E-state index in [1.54, 1.807) is 0 Å². The molecule has 20 nitrogen and oxygen atoms in total. The summed E-state index contributed by atoms with van der Waals surface area (Å²) in [4.78, 5) is 0. The maximum absolute atomic E-state index is 13.5. The highest BCUT2D eigenvalue weighted by Gasteiger charge is 2.71. The van der Waals surface area contributed by atoms with Crippen molar-refractivity contribution in [3.05, 3.63) is 0 Å². The lowest BCUT2D eigenvalue weighted by molar-refractivity contribution is 0.167. The summed E-state index contributed by atoms with van der Waals surface area (Å²) < 4.78 is 149. The van der Waals surface area contributed by atoms with Crippen LogP contribution in [0.2, 0.25) is 0 Å². The molecule has 0 aromatic heterocycles. The molecule has 5 saturated heterocycles. The zero-order chi connectivity index (χ0) is 40.6. The minimum Gasteiger partial charge on any atom is -0.286 e. The highest BCUT2D eigenvalue weighted by Crippen LogP contribution is 2.50. The summed E-state index contributed by atoms with van der Waals surface area (Å²) in [5.74, 6) is -3.19. The number of fused-ring (bicyclic) bond motifs is 20. The van der Waals surface area contributed by atoms with Crippen molar-refractivity contribution in [2.75, 3.05) is 0 Å². The zero-order valence-corrected chi connectivity index (χ0v) is 35.0. The molecule has 5 heterocycles. The Hall–Kier alpha value is -0.390. The van der Waals surface area contributed by atoms with Crippen LogP contribution in [0.3, 0.4) is 0 Å². The predicted octanol–water partition coefficient (Wildman–Crippen LogP) is -1.71. The van der Waals surface area contributed by atoms with Crippen LogP contribution in [0.1, 0.15) is 70.6 Å². The van der Waals surface area contributed by atoms with E-state index in [2.05, 4.69) is 42.5 Å². The first-order valence-corrected chi connectivity index (χ1v) is 26.7. The van der Waals surface area contributed by atoms with Crippen molar-refractivity contribution in [1.29, 1.82) is 0 Å². The minimum atomic E-state index is -5.90. The summed E-state index contributed by atoms with van der Waals surface area (Å²) in [6, 6.07) is 0. The SMILES string of the molecule is O=S(=O)(O)C1C2C3NC4NC(NC5NC(NC6NC(NC(N3)C2C(S(=O)(=O)O)C(S(=O)(=O)O)C1S(=O)(=O)O)C1C(Cl)CCCC61)C1CCCCC51)C1CCCCC41. The maximum atomic E-state index is 13.5. The summed E-state index contributed by atoms with van der Waals surface area (Å²) in [5.41, 5.74) is 0. The first kappa shape index (κ1) is 41.9. The second kappa shape index (κ2) is 14.9. The summed E-state index contributed by atoms with van der Waals surface area (Å²) >= 11 is 7.07. The Kier molecular flexibility index (Phi) is 10.9. The standard InChI is InChI=1S/C32H55ClN8O12S4/c33-17-11-5-10-16-18(17)30-39-29(16)37-27-13-7-2-1-6-12(13)25(35-27)34-26-14-8-3-4-9-15(14)28(36-26)38-31-19-20(32(40-30)41-31)22(55(45,46)47)24(57(51,52)53)23(56(48,49)50)21(19)54(42,43)44/h12-32,34-41H,1-11H2,(H,42,43,44)(H,45,46,47)(H,48,49,50)(H,51,52,53). The minimum absolute atomic E-state index is 0.0270. The van der Waals surface area contributed by atoms with Crippen LogP contribution in [-0.4, -0.2) is 128 Å². The van der Waals surface area contributed by atoms with Gasteiger partial charge < -0.3 is 0 Å². The van der Waals surface area contributed by atoms with Crippen LogP contribution in [0.15, 0.2) is 0 Å². The van der Waals surface area contributed by atoms with Crippen molar-refractivity contribution in [1.82, 2.24) is 42.5 Å². The Morgan fingerprint density at radius 1 is 0.333 bits per heavy atom. The summed E-state index contributed by atoms with van der Waals surface area (Å²) in [5, 5.41) is 17.0. The molecule has 4 aliphatic carbocycles. The molecule has 0 spiro atoms. The van der Waals surface area contributed by atoms with Gasteiger partial charge in [-0.15, -0.1) is 11.6 Å². The lowest BCUT2D eigenvalue weighted by Gasteiger charge is -2.46. The quantitative estimate of drug-likeness (QED) is 0.110. The van der Waals surface area contributed by atoms with E-state index in [-0.39, 0.29) is 53.7 Å². The van der Waals surface area contributed by atoms with Gasteiger partial charge in [0.2, 0.25) is 0 Å². The molecule has 0 amide bonds. The molecule has 326 valence electrons. The maximum Gasteiger partial charge on any atom is 0.270 e. The van der Waals surface area contributed by atoms with E-state index in [1.165, 1.54) is 0 Å². The van der Waals surface area contributed by atoms with E-state index >= 15 is 0 Å². The smallest absolute Gasteiger partial charge is 0.270 e. The molecule has 4 saturated carbocycles. The van der Waals surface area contributed by atoms with Crippen molar-refractivity contribution < 1.29 is 51.9 Å². The fourth-order valence-corrected chi connectivity index (χ4v) is 21.2. The molecule has 9 rings (SSSR count). The molecule has 12 N–H and O–H groups in total. The van der Waals surface area contributed by atoms with E-state index in [1.807, 2.05) is 0 Å². The Morgan fingerprint density at radius 2 is 0.596 bits per heavy atom. The van der Waals surface area contributed by atoms with Gasteiger partial charge in [-0.05, 0) is 68.1 Å². The first-order chi connectivity index (χ1) is 26.7. The molecule has 0 aromatic carbocycles. The van der Waals surface area contributed by atoms with Gasteiger partial charge in [0, 0.05) is 23.1 Å². The van der Waals surface area contributed by atoms with E-state index in [0.717, 1.165) is 64.2 Å². The summed E-state index contributed by atoms with van der Waals surface area (Å²) in [6.45, 7) is 0. The van der Waals surface area contributed by atoms with E-state index in [4.69, 9.17) is 11.6 Å². The Bertz CT molecular complexity index is 2020. The van der Waals surface area contributed by atoms with Crippen molar-refractivity contribution in [2.24, 2.45) is 47.3 Å². The summed E-state index contributed by atoms with van der Waals surface area (Å²) in [6.07, 6.45) is 5.52. The van der Waals surface area contributed by atoms with E-state index in [0.29, 0.717) is 18.3 Å². The van der Waals surface area contributed by atoms with Crippen LogP contribution in [0, 0.1) is 47.3 Å². The molecule has 21 unspecified atom stereocenters. The number of alkyl halides is 1. The van der Waals surface area contributed by atoms with Crippen LogP contribution in [-0.2, 0) is 40.5 Å². The Labute approximate surface area is 338 Å². The second-order valence-electron chi connectivity index (χ2n) is 18.1. The lowest BCUT2D eigenvalue weighted by Crippen LogP contribution is -2.70. The largest absolute Gasteiger partial charge is 0.286 e. The molecule has 25 heteroatoms. The third kappa shape index (κ3) is 7.34. The van der Waals surface area contributed by atoms with Crippen LogP contribution >= 0.6 is 11.6 Å². The van der Waals surface area contributed by atoms with Gasteiger partial charge in [-0.25, -0.2) is 0 Å². The number of hydrogen-bond acceptors (Lipinski definition) is 16. The molecule has 9 aliphatic rings. The Morgan fingerprint density at radius 3 is 0.930 bits per heavy atom. The van der Waals surface area contributed by atoms with Gasteiger partial charge in [-0.3, -0.25) is 60.7 Å². The molecule has 9 fully saturated rings. The lowest BCUT2D eigenvalue weighted by atomic mass is 9.75. The average molecular weight is 908 g/mol. The molecule has 57 heavy (non-hydrogen) atoms. The number of nitrogens with one attached hydrogen (secondary N) is 8. The summed E-state index contributed by atoms with van der Waals surface area (Å²) in [7, 11) is -23.1. The monoisotopic (exact) mass is 906 g/mol. The third-order valence-corrected chi connectivity index (χ3v) is 21.6. The van der Waals surface area contributed by atoms with Crippen LogP contribution in [0.4, 0.5) is 0 Å². The molecule has 21 atom stereocenters. The van der Waals surface area contributed by atoms with E-state index in [9.17, 15) is 51.9 Å². The van der Waals surface area contributed by atoms with Crippen molar-refractivity contribution in [3.8, 4) is 0 Å². The first-order valence-electron chi connectivity index (χ1n) is 20.3. The van der Waals surface area contributed by atoms with Gasteiger partial charge in [-0.2, -0.15) is 33.7 Å². The second-order valence-corrected chi connectivity index (χ2v) is 25.0. The molecule has 0 radical (unpaired) electrons. The predicted molar refractivity (Wildman–Crippen MR) is 205 cm³/mol. The van der Waals surface area contributed by atoms with Gasteiger partial charge in [0.15, 0.2) is 0 Å². The van der Waals surface area contributed by atoms with Crippen molar-refractivity contribution >= 4 is 52.1 Å². The topological polar surface area (TPSA) is 314 Å². The Balaban J connectivity index is 1.20. The normalized spacial score (nSPS) is 51.7. The van der Waals surface area contributed by atoms with Gasteiger partial charge in [0.25, 0.3) is 40.5 Å². The van der Waals surface area contributed by atoms with Gasteiger partial charge >= 0.3 is 0 Å². The highest BCUT2D eigenvalue weighted by atomic mass is 35.5. The fraction of sp³-hybridized carbons (Fsp3) is 1.00.